The fraction of sp³-hybridized carbons (Fsp3) is 0.125. The van der Waals surface area contributed by atoms with Crippen molar-refractivity contribution >= 4 is 21.4 Å². The highest BCUT2D eigenvalue weighted by molar-refractivity contribution is 7.17. The van der Waals surface area contributed by atoms with E-state index in [9.17, 15) is 0 Å². The van der Waals surface area contributed by atoms with Gasteiger partial charge in [0.25, 0.3) is 0 Å². The molecule has 0 radical (unpaired) electrons. The summed E-state index contributed by atoms with van der Waals surface area (Å²) in [5.74, 6) is 0. The van der Waals surface area contributed by atoms with Gasteiger partial charge >= 0.3 is 0 Å². The molecule has 50 valence electrons. The van der Waals surface area contributed by atoms with Crippen molar-refractivity contribution in [1.82, 2.24) is 4.98 Å². The molecule has 0 amide bonds. The Morgan fingerprint density at radius 1 is 1.50 bits per heavy atom. The smallest absolute Gasteiger partial charge is 0.0526 e. The van der Waals surface area contributed by atoms with Crippen LogP contribution in [-0.4, -0.2) is 4.98 Å². The average molecular weight is 149 g/mol. The number of aryl methyl sites for hydroxylation is 1. The monoisotopic (exact) mass is 149 g/mol. The molecule has 2 rings (SSSR count). The lowest BCUT2D eigenvalue weighted by Crippen LogP contribution is -1.75. The molecule has 0 unspecified atom stereocenters. The summed E-state index contributed by atoms with van der Waals surface area (Å²) < 4.78 is 1.27. The van der Waals surface area contributed by atoms with E-state index in [1.54, 1.807) is 11.3 Å². The number of pyridine rings is 1. The van der Waals surface area contributed by atoms with E-state index >= 15 is 0 Å². The van der Waals surface area contributed by atoms with Crippen LogP contribution in [-0.2, 0) is 0 Å². The SMILES string of the molecule is Cc1cc2ccsc2cn1. The summed E-state index contributed by atoms with van der Waals surface area (Å²) in [7, 11) is 0. The average Bonchev–Trinajstić information content (AvgIpc) is 2.33. The van der Waals surface area contributed by atoms with Gasteiger partial charge in [0, 0.05) is 11.9 Å². The molecule has 2 heterocycles. The predicted octanol–water partition coefficient (Wildman–Crippen LogP) is 2.60. The minimum absolute atomic E-state index is 1.09. The molecule has 0 aliphatic rings. The first kappa shape index (κ1) is 5.86. The molecule has 10 heavy (non-hydrogen) atoms. The molecule has 0 saturated carbocycles. The second kappa shape index (κ2) is 2.06. The van der Waals surface area contributed by atoms with E-state index in [-0.39, 0.29) is 0 Å². The van der Waals surface area contributed by atoms with Crippen molar-refractivity contribution in [1.29, 1.82) is 0 Å². The summed E-state index contributed by atoms with van der Waals surface area (Å²) >= 11 is 1.73. The van der Waals surface area contributed by atoms with Crippen LogP contribution >= 0.6 is 11.3 Å². The van der Waals surface area contributed by atoms with Gasteiger partial charge in [0.1, 0.15) is 0 Å². The Morgan fingerprint density at radius 2 is 2.40 bits per heavy atom. The highest BCUT2D eigenvalue weighted by atomic mass is 32.1. The molecule has 0 spiro atoms. The number of rotatable bonds is 0. The van der Waals surface area contributed by atoms with E-state index in [1.165, 1.54) is 10.1 Å². The van der Waals surface area contributed by atoms with E-state index in [0.717, 1.165) is 5.69 Å². The van der Waals surface area contributed by atoms with Crippen LogP contribution in [0.5, 0.6) is 0 Å². The molecule has 0 aliphatic carbocycles. The fourth-order valence-corrected chi connectivity index (χ4v) is 1.72. The van der Waals surface area contributed by atoms with E-state index in [1.807, 2.05) is 13.1 Å². The first-order chi connectivity index (χ1) is 4.86. The van der Waals surface area contributed by atoms with Crippen molar-refractivity contribution in [3.8, 4) is 0 Å². The summed E-state index contributed by atoms with van der Waals surface area (Å²) in [5, 5.41) is 3.39. The van der Waals surface area contributed by atoms with Gasteiger partial charge in [0.15, 0.2) is 0 Å². The summed E-state index contributed by atoms with van der Waals surface area (Å²) in [6.45, 7) is 2.01. The molecule has 0 aliphatic heterocycles. The van der Waals surface area contributed by atoms with Gasteiger partial charge in [-0.25, -0.2) is 0 Å². The Labute approximate surface area is 63.3 Å². The van der Waals surface area contributed by atoms with Crippen LogP contribution in [0.2, 0.25) is 0 Å². The van der Waals surface area contributed by atoms with Crippen LogP contribution in [0.1, 0.15) is 5.69 Å². The van der Waals surface area contributed by atoms with Gasteiger partial charge in [-0.05, 0) is 29.8 Å². The molecule has 2 aromatic heterocycles. The van der Waals surface area contributed by atoms with Crippen molar-refractivity contribution in [2.24, 2.45) is 0 Å². The quantitative estimate of drug-likeness (QED) is 0.561. The topological polar surface area (TPSA) is 12.9 Å². The zero-order valence-corrected chi connectivity index (χ0v) is 6.48. The largest absolute Gasteiger partial charge is 0.260 e. The van der Waals surface area contributed by atoms with Gasteiger partial charge in [-0.1, -0.05) is 0 Å². The Hall–Kier alpha value is -0.890. The van der Waals surface area contributed by atoms with Gasteiger partial charge in [0.2, 0.25) is 0 Å². The third-order valence-corrected chi connectivity index (χ3v) is 2.34. The molecule has 2 aromatic rings. The Balaban J connectivity index is 2.86. The lowest BCUT2D eigenvalue weighted by atomic mass is 10.3. The molecule has 0 bridgehead atoms. The number of thiophene rings is 1. The summed E-state index contributed by atoms with van der Waals surface area (Å²) in [5.41, 5.74) is 1.09. The first-order valence-electron chi connectivity index (χ1n) is 3.16. The Bertz CT molecular complexity index is 351. The van der Waals surface area contributed by atoms with Gasteiger partial charge in [0.05, 0.1) is 4.70 Å². The molecule has 2 heteroatoms. The zero-order valence-electron chi connectivity index (χ0n) is 5.66. The molecule has 1 nitrogen and oxygen atoms in total. The van der Waals surface area contributed by atoms with Crippen LogP contribution < -0.4 is 0 Å². The normalized spacial score (nSPS) is 10.5. The van der Waals surface area contributed by atoms with Crippen molar-refractivity contribution < 1.29 is 0 Å². The predicted molar refractivity (Wildman–Crippen MR) is 44.4 cm³/mol. The number of fused-ring (bicyclic) bond motifs is 1. The minimum atomic E-state index is 1.09. The van der Waals surface area contributed by atoms with Crippen molar-refractivity contribution in [3.63, 3.8) is 0 Å². The highest BCUT2D eigenvalue weighted by Crippen LogP contribution is 2.19. The molecular formula is C8H7NS. The lowest BCUT2D eigenvalue weighted by Gasteiger charge is -1.89. The molecule has 0 N–H and O–H groups in total. The molecule has 0 atom stereocenters. The van der Waals surface area contributed by atoms with Gasteiger partial charge < -0.3 is 0 Å². The maximum atomic E-state index is 4.19. The first-order valence-corrected chi connectivity index (χ1v) is 4.04. The third-order valence-electron chi connectivity index (χ3n) is 1.48. The summed E-state index contributed by atoms with van der Waals surface area (Å²) in [6.07, 6.45) is 1.93. The second-order valence-electron chi connectivity index (χ2n) is 2.28. The van der Waals surface area contributed by atoms with Crippen LogP contribution in [0.3, 0.4) is 0 Å². The minimum Gasteiger partial charge on any atom is -0.260 e. The van der Waals surface area contributed by atoms with E-state index in [0.29, 0.717) is 0 Å². The Morgan fingerprint density at radius 3 is 3.30 bits per heavy atom. The maximum absolute atomic E-state index is 4.19. The van der Waals surface area contributed by atoms with Gasteiger partial charge in [-0.2, -0.15) is 0 Å². The molecule has 0 saturated heterocycles. The van der Waals surface area contributed by atoms with Crippen LogP contribution in [0.15, 0.2) is 23.7 Å². The zero-order chi connectivity index (χ0) is 6.97. The molecule has 0 aromatic carbocycles. The van der Waals surface area contributed by atoms with E-state index in [4.69, 9.17) is 0 Å². The summed E-state index contributed by atoms with van der Waals surface area (Å²) in [4.78, 5) is 4.19. The molecular weight excluding hydrogens is 142 g/mol. The Kier molecular flexibility index (Phi) is 1.21. The lowest BCUT2D eigenvalue weighted by molar-refractivity contribution is 1.23. The number of aromatic nitrogens is 1. The van der Waals surface area contributed by atoms with Crippen molar-refractivity contribution in [2.45, 2.75) is 6.92 Å². The van der Waals surface area contributed by atoms with Crippen LogP contribution in [0, 0.1) is 6.92 Å². The van der Waals surface area contributed by atoms with E-state index < -0.39 is 0 Å². The number of hydrogen-bond acceptors (Lipinski definition) is 2. The number of hydrogen-bond donors (Lipinski definition) is 0. The van der Waals surface area contributed by atoms with E-state index in [2.05, 4.69) is 22.5 Å². The standard InChI is InChI=1S/C8H7NS/c1-6-4-7-2-3-10-8(7)5-9-6/h2-5H,1H3. The van der Waals surface area contributed by atoms with Gasteiger partial charge in [-0.15, -0.1) is 11.3 Å². The maximum Gasteiger partial charge on any atom is 0.0526 e. The van der Waals surface area contributed by atoms with Crippen LogP contribution in [0.4, 0.5) is 0 Å². The third kappa shape index (κ3) is 0.809. The highest BCUT2D eigenvalue weighted by Gasteiger charge is 1.93. The van der Waals surface area contributed by atoms with Crippen molar-refractivity contribution in [2.75, 3.05) is 0 Å². The fourth-order valence-electron chi connectivity index (χ4n) is 0.978. The summed E-state index contributed by atoms with van der Waals surface area (Å²) in [6, 6.07) is 4.22. The van der Waals surface area contributed by atoms with Crippen molar-refractivity contribution in [3.05, 3.63) is 29.4 Å². The van der Waals surface area contributed by atoms with Gasteiger partial charge in [-0.3, -0.25) is 4.98 Å². The molecule has 0 fully saturated rings. The number of nitrogens with zero attached hydrogens (tertiary/aromatic N) is 1. The van der Waals surface area contributed by atoms with Crippen LogP contribution in [0.25, 0.3) is 10.1 Å². The second-order valence-corrected chi connectivity index (χ2v) is 3.23.